The van der Waals surface area contributed by atoms with Crippen LogP contribution in [0, 0.1) is 0 Å². The molecule has 6 heterocycles. The number of fused-ring (bicyclic) bond motifs is 22. The van der Waals surface area contributed by atoms with Crippen LogP contribution in [0.2, 0.25) is 0 Å². The summed E-state index contributed by atoms with van der Waals surface area (Å²) in [5, 5.41) is 15.9. The molecular formula is C73H44Br2Cl2N4S2. The van der Waals surface area contributed by atoms with E-state index < -0.39 is 0 Å². The van der Waals surface area contributed by atoms with Gasteiger partial charge in [0.15, 0.2) is 0 Å². The number of aromatic nitrogens is 4. The largest absolute Gasteiger partial charge is 0.309 e. The Morgan fingerprint density at radius 1 is 0.253 bits per heavy atom. The molecule has 396 valence electrons. The summed E-state index contributed by atoms with van der Waals surface area (Å²) in [7, 11) is 0. The summed E-state index contributed by atoms with van der Waals surface area (Å²) in [6.45, 7) is 0. The number of hydrogen-bond donors (Lipinski definition) is 0. The van der Waals surface area contributed by atoms with E-state index in [9.17, 15) is 0 Å². The van der Waals surface area contributed by atoms with Crippen molar-refractivity contribution in [1.29, 1.82) is 0 Å². The van der Waals surface area contributed by atoms with Crippen molar-refractivity contribution in [3.05, 3.63) is 264 Å². The van der Waals surface area contributed by atoms with Crippen LogP contribution in [0.4, 0.5) is 0 Å². The van der Waals surface area contributed by atoms with Gasteiger partial charge < -0.3 is 18.3 Å². The predicted molar refractivity (Wildman–Crippen MR) is 368 cm³/mol. The first kappa shape index (κ1) is 50.5. The Morgan fingerprint density at radius 3 is 0.795 bits per heavy atom. The van der Waals surface area contributed by atoms with E-state index in [2.05, 4.69) is 305 Å². The number of nitrogens with zero attached hydrogens (tertiary/aromatic N) is 4. The monoisotopic (exact) mass is 1270 g/mol. The van der Waals surface area contributed by atoms with Gasteiger partial charge in [0.1, 0.15) is 0 Å². The highest BCUT2D eigenvalue weighted by Gasteiger charge is 2.24. The zero-order chi connectivity index (χ0) is 55.4. The molecule has 0 N–H and O–H groups in total. The van der Waals surface area contributed by atoms with Crippen LogP contribution in [0.3, 0.4) is 0 Å². The first-order valence-corrected chi connectivity index (χ1v) is 31.6. The topological polar surface area (TPSA) is 19.7 Å². The van der Waals surface area contributed by atoms with E-state index in [4.69, 9.17) is 23.2 Å². The van der Waals surface area contributed by atoms with Gasteiger partial charge in [-0.1, -0.05) is 165 Å². The molecule has 4 nitrogen and oxygen atoms in total. The van der Waals surface area contributed by atoms with E-state index in [1.54, 1.807) is 0 Å². The zero-order valence-electron chi connectivity index (χ0n) is 44.1. The van der Waals surface area contributed by atoms with Gasteiger partial charge in [-0.2, -0.15) is 0 Å². The normalized spacial score (nSPS) is 11.9. The van der Waals surface area contributed by atoms with Crippen molar-refractivity contribution in [3.63, 3.8) is 0 Å². The summed E-state index contributed by atoms with van der Waals surface area (Å²) in [5.41, 5.74) is 14.6. The fourth-order valence-corrected chi connectivity index (χ4v) is 16.6. The Bertz CT molecular complexity index is 5240. The van der Waals surface area contributed by atoms with E-state index in [0.717, 1.165) is 8.95 Å². The fraction of sp³-hybridized carbons (Fsp3) is 0.0137. The third-order valence-corrected chi connectivity index (χ3v) is 19.8. The van der Waals surface area contributed by atoms with E-state index in [1.807, 2.05) is 22.7 Å². The molecule has 12 aromatic carbocycles. The van der Waals surface area contributed by atoms with E-state index in [-0.39, 0.29) is 5.34 Å². The van der Waals surface area contributed by atoms with Gasteiger partial charge in [-0.3, -0.25) is 0 Å². The van der Waals surface area contributed by atoms with Crippen LogP contribution in [0.25, 0.3) is 150 Å². The van der Waals surface area contributed by atoms with E-state index in [0.29, 0.717) is 0 Å². The minimum absolute atomic E-state index is 0.194. The molecule has 0 saturated carbocycles. The summed E-state index contributed by atoms with van der Waals surface area (Å²) >= 11 is 20.9. The van der Waals surface area contributed by atoms with Crippen molar-refractivity contribution in [2.45, 2.75) is 0 Å². The summed E-state index contributed by atoms with van der Waals surface area (Å²) in [4.78, 5) is 0. The Balaban J connectivity index is 0.000000130. The highest BCUT2D eigenvalue weighted by molar-refractivity contribution is 9.10. The highest BCUT2D eigenvalue weighted by atomic mass is 79.9. The van der Waals surface area contributed by atoms with Crippen molar-refractivity contribution in [3.8, 4) is 22.7 Å². The lowest BCUT2D eigenvalue weighted by Crippen LogP contribution is -1.92. The molecule has 18 rings (SSSR count). The Hall–Kier alpha value is -8.18. The van der Waals surface area contributed by atoms with E-state index in [1.165, 1.54) is 150 Å². The van der Waals surface area contributed by atoms with Crippen LogP contribution in [0.1, 0.15) is 0 Å². The summed E-state index contributed by atoms with van der Waals surface area (Å²) < 4.78 is 17.2. The molecule has 0 unspecified atom stereocenters. The Labute approximate surface area is 511 Å². The number of hydrogen-bond acceptors (Lipinski definition) is 2. The third kappa shape index (κ3) is 7.88. The molecule has 6 aromatic heterocycles. The Kier molecular flexibility index (Phi) is 12.4. The summed E-state index contributed by atoms with van der Waals surface area (Å²) in [5.74, 6) is 0. The van der Waals surface area contributed by atoms with Gasteiger partial charge in [-0.15, -0.1) is 45.9 Å². The van der Waals surface area contributed by atoms with Crippen LogP contribution in [0.15, 0.2) is 264 Å². The molecule has 0 saturated heterocycles. The second-order valence-electron chi connectivity index (χ2n) is 20.7. The van der Waals surface area contributed by atoms with Gasteiger partial charge in [0.05, 0.1) is 49.5 Å². The van der Waals surface area contributed by atoms with Crippen LogP contribution in [-0.4, -0.2) is 23.6 Å². The van der Waals surface area contributed by atoms with Crippen molar-refractivity contribution in [1.82, 2.24) is 18.3 Å². The van der Waals surface area contributed by atoms with Crippen molar-refractivity contribution in [2.75, 3.05) is 5.34 Å². The highest BCUT2D eigenvalue weighted by Crippen LogP contribution is 2.50. The molecule has 83 heavy (non-hydrogen) atoms. The van der Waals surface area contributed by atoms with Gasteiger partial charge in [0, 0.05) is 115 Å². The molecule has 0 atom stereocenters. The van der Waals surface area contributed by atoms with Gasteiger partial charge in [0.25, 0.3) is 0 Å². The van der Waals surface area contributed by atoms with Gasteiger partial charge in [-0.25, -0.2) is 0 Å². The lowest BCUT2D eigenvalue weighted by molar-refractivity contribution is 1.18. The number of halogens is 4. The second-order valence-corrected chi connectivity index (χ2v) is 25.4. The lowest BCUT2D eigenvalue weighted by Gasteiger charge is -2.07. The Morgan fingerprint density at radius 2 is 0.494 bits per heavy atom. The molecule has 0 radical (unpaired) electrons. The fourth-order valence-electron chi connectivity index (χ4n) is 13.1. The third-order valence-electron chi connectivity index (χ3n) is 16.3. The number of benzene rings is 12. The van der Waals surface area contributed by atoms with E-state index >= 15 is 0 Å². The number of alkyl halides is 2. The maximum absolute atomic E-state index is 4.76. The van der Waals surface area contributed by atoms with Crippen molar-refractivity contribution >= 4 is 205 Å². The average Bonchev–Trinajstić information content (AvgIpc) is 2.16. The van der Waals surface area contributed by atoms with Crippen molar-refractivity contribution < 1.29 is 0 Å². The summed E-state index contributed by atoms with van der Waals surface area (Å²) in [6.07, 6.45) is 0. The zero-order valence-corrected chi connectivity index (χ0v) is 50.4. The standard InChI is InChI=1S/C36H20Br2N2S.C36H22N2S.CH2Cl2/c37-21-11-15-29-27(19-21)33-31(39(29)23-7-3-1-4-8-23)17-13-25-26-14-18-32-34(36(26)41-35(25)33)28-20-22(38)12-16-30(28)40(32)24-9-5-2-6-10-24;1-3-11-23(12-4-1)37-29-17-9-7-15-27(29)33-31(37)21-19-25-26-20-22-32-34(36(26)39-35(25)33)28-16-8-10-18-30(28)38(32)24-13-5-2-6-14-24;2-1-3/h1-20H;1-22H;1H2. The maximum Gasteiger partial charge on any atom is 0.0967 e. The maximum atomic E-state index is 4.76. The molecule has 0 spiro atoms. The van der Waals surface area contributed by atoms with Crippen LogP contribution >= 0.6 is 77.7 Å². The SMILES string of the molecule is Brc1ccc2c(c1)c1c3sc4c(ccc5c4c4cc(Br)ccc4n5-c4ccccc4)c3ccc1n2-c1ccccc1.ClCCl.c1ccc(-n2c3ccccc3c3c4sc5c(ccc6c5c5ccccc5n6-c5ccccc5)c4ccc32)cc1. The molecule has 0 aliphatic rings. The molecule has 0 fully saturated rings. The molecule has 0 aliphatic carbocycles. The molecule has 18 aromatic rings. The minimum atomic E-state index is 0.194. The van der Waals surface area contributed by atoms with Crippen LogP contribution in [0.5, 0.6) is 0 Å². The summed E-state index contributed by atoms with van der Waals surface area (Å²) in [6, 6.07) is 92.3. The average molecular weight is 1270 g/mol. The number of thiophene rings is 2. The van der Waals surface area contributed by atoms with Gasteiger partial charge >= 0.3 is 0 Å². The second kappa shape index (κ2) is 20.3. The molecular weight excluding hydrogens is 1230 g/mol. The van der Waals surface area contributed by atoms with Crippen molar-refractivity contribution in [2.24, 2.45) is 0 Å². The molecule has 0 aliphatic heterocycles. The first-order chi connectivity index (χ1) is 41.0. The lowest BCUT2D eigenvalue weighted by atomic mass is 10.1. The number of rotatable bonds is 4. The number of para-hydroxylation sites is 6. The smallest absolute Gasteiger partial charge is 0.0967 e. The molecule has 10 heteroatoms. The van der Waals surface area contributed by atoms with Crippen LogP contribution < -0.4 is 0 Å². The molecule has 0 amide bonds. The van der Waals surface area contributed by atoms with Crippen LogP contribution in [-0.2, 0) is 0 Å². The minimum Gasteiger partial charge on any atom is -0.309 e. The van der Waals surface area contributed by atoms with Gasteiger partial charge in [-0.05, 0) is 121 Å². The quantitative estimate of drug-likeness (QED) is 0.157. The predicted octanol–water partition coefficient (Wildman–Crippen LogP) is 23.4. The van der Waals surface area contributed by atoms with Gasteiger partial charge in [0.2, 0.25) is 0 Å². The molecule has 0 bridgehead atoms. The first-order valence-electron chi connectivity index (χ1n) is 27.3.